The van der Waals surface area contributed by atoms with Gasteiger partial charge in [0.05, 0.1) is 41.6 Å². The van der Waals surface area contributed by atoms with E-state index >= 15 is 0 Å². The third-order valence-electron chi connectivity index (χ3n) is 7.45. The number of H-pyrrole nitrogens is 1. The summed E-state index contributed by atoms with van der Waals surface area (Å²) in [6.07, 6.45) is -2.66. The summed E-state index contributed by atoms with van der Waals surface area (Å²) in [6, 6.07) is 1.00. The van der Waals surface area contributed by atoms with Crippen molar-refractivity contribution in [2.24, 2.45) is 0 Å². The van der Waals surface area contributed by atoms with E-state index < -0.39 is 66.1 Å². The van der Waals surface area contributed by atoms with Crippen LogP contribution in [0.4, 0.5) is 14.5 Å². The maximum atomic E-state index is 14.4. The van der Waals surface area contributed by atoms with Gasteiger partial charge in [-0.2, -0.15) is 0 Å². The molecule has 2 aliphatic heterocycles. The van der Waals surface area contributed by atoms with Crippen LogP contribution < -0.4 is 10.6 Å². The van der Waals surface area contributed by atoms with Crippen LogP contribution in [0.2, 0.25) is 0 Å². The Hall–Kier alpha value is -4.14. The van der Waals surface area contributed by atoms with Crippen molar-refractivity contribution in [3.8, 4) is 0 Å². The molecule has 2 aliphatic rings. The fourth-order valence-corrected chi connectivity index (χ4v) is 5.36. The van der Waals surface area contributed by atoms with E-state index in [0.29, 0.717) is 17.0 Å². The van der Waals surface area contributed by atoms with Crippen LogP contribution in [0, 0.1) is 25.5 Å². The van der Waals surface area contributed by atoms with Crippen molar-refractivity contribution in [2.75, 3.05) is 18.4 Å². The maximum absolute atomic E-state index is 14.4. The highest BCUT2D eigenvalue weighted by Crippen LogP contribution is 2.36. The van der Waals surface area contributed by atoms with E-state index in [-0.39, 0.29) is 54.7 Å². The first kappa shape index (κ1) is 30.8. The SMILES string of the molecule is Cc1[nH]c(/C=C2\C(=O)Nc3ccc(F)c(F)c32)c(C)c1C(=O)NCC[C@@H](O)C[C@@H](O)CC(=O)N1CC(O)CC1C(=O)O. The Morgan fingerprint density at radius 2 is 1.90 bits per heavy atom. The topological polar surface area (TPSA) is 192 Å². The number of aliphatic carboxylic acids is 1. The number of halogens is 2. The molecule has 1 saturated heterocycles. The molecule has 1 fully saturated rings. The second-order valence-corrected chi connectivity index (χ2v) is 10.5. The number of likely N-dealkylation sites (tertiary alicyclic amines) is 1. The van der Waals surface area contributed by atoms with Gasteiger partial charge in [-0.3, -0.25) is 14.4 Å². The van der Waals surface area contributed by atoms with Crippen LogP contribution in [0.25, 0.3) is 11.6 Å². The predicted molar refractivity (Wildman–Crippen MR) is 145 cm³/mol. The maximum Gasteiger partial charge on any atom is 0.326 e. The van der Waals surface area contributed by atoms with E-state index in [1.807, 2.05) is 0 Å². The van der Waals surface area contributed by atoms with Gasteiger partial charge in [0.15, 0.2) is 11.6 Å². The van der Waals surface area contributed by atoms with Gasteiger partial charge in [0.2, 0.25) is 5.91 Å². The largest absolute Gasteiger partial charge is 0.480 e. The Balaban J connectivity index is 1.32. The van der Waals surface area contributed by atoms with Gasteiger partial charge in [0.1, 0.15) is 6.04 Å². The van der Waals surface area contributed by atoms with E-state index in [2.05, 4.69) is 15.6 Å². The molecule has 0 aliphatic carbocycles. The molecule has 1 aromatic heterocycles. The number of carbonyl (C=O) groups is 4. The number of carboxylic acids is 1. The van der Waals surface area contributed by atoms with Gasteiger partial charge in [-0.1, -0.05) is 0 Å². The fraction of sp³-hybridized carbons (Fsp3) is 0.429. The number of fused-ring (bicyclic) bond motifs is 1. The number of nitrogens with zero attached hydrogens (tertiary/aromatic N) is 1. The van der Waals surface area contributed by atoms with Gasteiger partial charge < -0.3 is 40.9 Å². The molecule has 7 N–H and O–H groups in total. The smallest absolute Gasteiger partial charge is 0.326 e. The number of aliphatic hydroxyl groups is 3. The molecule has 0 bridgehead atoms. The van der Waals surface area contributed by atoms with Crippen molar-refractivity contribution >= 4 is 41.0 Å². The van der Waals surface area contributed by atoms with Crippen molar-refractivity contribution in [1.29, 1.82) is 0 Å². The summed E-state index contributed by atoms with van der Waals surface area (Å²) in [4.78, 5) is 53.1. The fourth-order valence-electron chi connectivity index (χ4n) is 5.36. The first-order chi connectivity index (χ1) is 19.8. The summed E-state index contributed by atoms with van der Waals surface area (Å²) in [5.74, 6) is -5.28. The van der Waals surface area contributed by atoms with Crippen LogP contribution in [0.15, 0.2) is 12.1 Å². The molecular weight excluding hydrogens is 558 g/mol. The second kappa shape index (κ2) is 12.4. The van der Waals surface area contributed by atoms with E-state index in [4.69, 9.17) is 0 Å². The van der Waals surface area contributed by atoms with Gasteiger partial charge in [-0.05, 0) is 50.5 Å². The minimum atomic E-state index is -1.27. The number of hydrogen-bond acceptors (Lipinski definition) is 7. The molecule has 42 heavy (non-hydrogen) atoms. The number of carbonyl (C=O) groups excluding carboxylic acids is 3. The predicted octanol–water partition coefficient (Wildman–Crippen LogP) is 1.07. The summed E-state index contributed by atoms with van der Waals surface area (Å²) in [5.41, 5.74) is 1.36. The Morgan fingerprint density at radius 3 is 2.60 bits per heavy atom. The minimum absolute atomic E-state index is 0.0147. The van der Waals surface area contributed by atoms with Crippen molar-refractivity contribution in [2.45, 2.75) is 63.9 Å². The highest BCUT2D eigenvalue weighted by Gasteiger charge is 2.39. The molecule has 3 heterocycles. The number of amides is 3. The zero-order valence-corrected chi connectivity index (χ0v) is 22.9. The van der Waals surface area contributed by atoms with E-state index in [1.54, 1.807) is 13.8 Å². The van der Waals surface area contributed by atoms with Gasteiger partial charge in [0, 0.05) is 36.5 Å². The Morgan fingerprint density at radius 1 is 1.19 bits per heavy atom. The van der Waals surface area contributed by atoms with Gasteiger partial charge in [0.25, 0.3) is 11.8 Å². The number of rotatable bonds is 10. The standard InChI is InChI=1S/C28H32F2N4O8/c1-12-20(10-17-24-19(33-26(17)39)4-3-18(29)25(24)30)32-13(2)23(12)27(40)31-6-5-14(35)7-15(36)9-22(38)34-11-16(37)8-21(34)28(41)42/h3-4,10,14-16,21,32,35-37H,5-9,11H2,1-2H3,(H,31,40)(H,33,39)(H,41,42)/b17-10-/t14-,15-,16?,21?/m1/s1. The van der Waals surface area contributed by atoms with E-state index in [1.165, 1.54) is 12.1 Å². The van der Waals surface area contributed by atoms with Crippen molar-refractivity contribution < 1.29 is 48.4 Å². The summed E-state index contributed by atoms with van der Waals surface area (Å²) >= 11 is 0. The van der Waals surface area contributed by atoms with E-state index in [0.717, 1.165) is 11.0 Å². The molecule has 4 rings (SSSR count). The number of carboxylic acid groups (broad SMARTS) is 1. The molecule has 226 valence electrons. The summed E-state index contributed by atoms with van der Waals surface area (Å²) in [5, 5.41) is 44.6. The van der Waals surface area contributed by atoms with Gasteiger partial charge in [-0.25, -0.2) is 13.6 Å². The van der Waals surface area contributed by atoms with Crippen molar-refractivity contribution in [3.05, 3.63) is 51.8 Å². The second-order valence-electron chi connectivity index (χ2n) is 10.5. The molecule has 14 heteroatoms. The molecule has 12 nitrogen and oxygen atoms in total. The monoisotopic (exact) mass is 590 g/mol. The van der Waals surface area contributed by atoms with Crippen LogP contribution >= 0.6 is 0 Å². The minimum Gasteiger partial charge on any atom is -0.480 e. The first-order valence-corrected chi connectivity index (χ1v) is 13.3. The number of β-amino-alcohol motifs (C(OH)–C–C–N with tert-alkyl or cyclic N) is 1. The van der Waals surface area contributed by atoms with Crippen LogP contribution in [0.3, 0.4) is 0 Å². The van der Waals surface area contributed by atoms with Gasteiger partial charge >= 0.3 is 5.97 Å². The lowest BCUT2D eigenvalue weighted by Gasteiger charge is -2.23. The zero-order valence-electron chi connectivity index (χ0n) is 22.9. The molecular formula is C28H32F2N4O8. The summed E-state index contributed by atoms with van der Waals surface area (Å²) < 4.78 is 28.3. The van der Waals surface area contributed by atoms with Crippen LogP contribution in [-0.2, 0) is 14.4 Å². The molecule has 0 spiro atoms. The quantitative estimate of drug-likeness (QED) is 0.200. The average molecular weight is 591 g/mol. The lowest BCUT2D eigenvalue weighted by atomic mass is 10.0. The van der Waals surface area contributed by atoms with Crippen molar-refractivity contribution in [3.63, 3.8) is 0 Å². The number of aryl methyl sites for hydroxylation is 1. The number of nitrogens with one attached hydrogen (secondary N) is 3. The van der Waals surface area contributed by atoms with Gasteiger partial charge in [-0.15, -0.1) is 0 Å². The first-order valence-electron chi connectivity index (χ1n) is 13.3. The number of benzene rings is 1. The molecule has 0 radical (unpaired) electrons. The van der Waals surface area contributed by atoms with Crippen LogP contribution in [0.1, 0.15) is 58.6 Å². The molecule has 0 saturated carbocycles. The number of aromatic nitrogens is 1. The highest BCUT2D eigenvalue weighted by atomic mass is 19.2. The Bertz CT molecular complexity index is 1460. The number of aliphatic hydroxyl groups excluding tert-OH is 3. The molecule has 1 aromatic carbocycles. The Kier molecular flexibility index (Phi) is 9.09. The Labute approximate surface area is 239 Å². The lowest BCUT2D eigenvalue weighted by Crippen LogP contribution is -2.42. The summed E-state index contributed by atoms with van der Waals surface area (Å²) in [7, 11) is 0. The molecule has 2 unspecified atom stereocenters. The van der Waals surface area contributed by atoms with Crippen LogP contribution in [0.5, 0.6) is 0 Å². The third kappa shape index (κ3) is 6.35. The average Bonchev–Trinajstić information content (AvgIpc) is 3.54. The number of hydrogen-bond donors (Lipinski definition) is 7. The molecule has 4 atom stereocenters. The number of aromatic amines is 1. The third-order valence-corrected chi connectivity index (χ3v) is 7.45. The molecule has 2 aromatic rings. The van der Waals surface area contributed by atoms with Crippen LogP contribution in [-0.4, -0.2) is 91.4 Å². The lowest BCUT2D eigenvalue weighted by molar-refractivity contribution is -0.149. The summed E-state index contributed by atoms with van der Waals surface area (Å²) in [6.45, 7) is 3.12. The zero-order chi connectivity index (χ0) is 30.9. The molecule has 3 amide bonds. The highest BCUT2D eigenvalue weighted by molar-refractivity contribution is 6.35. The van der Waals surface area contributed by atoms with E-state index in [9.17, 15) is 48.4 Å². The normalized spacial score (nSPS) is 20.4. The van der Waals surface area contributed by atoms with Crippen molar-refractivity contribution in [1.82, 2.24) is 15.2 Å². The number of anilines is 1.